The number of guanidine groups is 1. The Morgan fingerprint density at radius 3 is 1.69 bits per heavy atom. The third kappa shape index (κ3) is 30.1. The normalized spacial score (nSPS) is 24.0. The number of aromatic amines is 3. The summed E-state index contributed by atoms with van der Waals surface area (Å²) in [5.41, 5.74) is 20.0. The van der Waals surface area contributed by atoms with Crippen molar-refractivity contribution in [3.05, 3.63) is 126 Å². The molecule has 2 saturated heterocycles. The maximum absolute atomic E-state index is 15.7. The van der Waals surface area contributed by atoms with Gasteiger partial charge in [0.25, 0.3) is 0 Å². The predicted molar refractivity (Wildman–Crippen MR) is 497 cm³/mol. The maximum atomic E-state index is 15.7. The van der Waals surface area contributed by atoms with Gasteiger partial charge in [-0.15, -0.1) is 11.8 Å². The zero-order valence-corrected chi connectivity index (χ0v) is 77.9. The number of nitrogens with one attached hydrogen (secondary N) is 14. The molecular weight excluding hydrogens is 1750 g/mol. The summed E-state index contributed by atoms with van der Waals surface area (Å²) in [6.45, 7) is 5.54. The van der Waals surface area contributed by atoms with Crippen molar-refractivity contribution in [3.63, 3.8) is 0 Å². The van der Waals surface area contributed by atoms with E-state index in [1.165, 1.54) is 47.6 Å². The SMILES string of the molecule is CCCC[C@H]1C(=O)N(C)[C@@H](CCCC)C(=O)N[C@@H](CCCNC(=N)N)C(=O)N[C@H](C(=O)NCC(N)=O)CSCC(=O)N[C@@H](Cc2ccccc2)C(=O)N(C)[C@@H](C)C(=O)N[C@@H](CC(N)=O)C(=O)N2CCC[C@H]2C(=O)N[C@@H](Cc2cnc[nH]2)C(=O)N[C@@H](CC(C)C)C(=O)N(C)[C@@H](CO)C(=O)C[C@@H](Cc2c[nH]c3ccccc23)C(=O)N[C@@H](CO)C(=O)N[C@@H](Cc2c[nH]c3ccccc23)C(=O)N1C. The van der Waals surface area contributed by atoms with Crippen LogP contribution < -0.4 is 70.4 Å². The molecule has 0 saturated carbocycles. The molecule has 0 spiro atoms. The van der Waals surface area contributed by atoms with Gasteiger partial charge >= 0.3 is 0 Å². The van der Waals surface area contributed by atoms with Crippen LogP contribution in [0.25, 0.3) is 21.8 Å². The van der Waals surface area contributed by atoms with Crippen molar-refractivity contribution < 1.29 is 91.7 Å². The number of hydrogen-bond acceptors (Lipinski definition) is 22. The highest BCUT2D eigenvalue weighted by Crippen LogP contribution is 2.28. The minimum absolute atomic E-state index is 0.00300. The highest BCUT2D eigenvalue weighted by molar-refractivity contribution is 8.00. The number of fused-ring (bicyclic) bond motifs is 3. The Kier molecular flexibility index (Phi) is 40.9. The Hall–Kier alpha value is -13.3. The molecule has 8 rings (SSSR count). The second-order valence-electron chi connectivity index (χ2n) is 34.4. The van der Waals surface area contributed by atoms with Crippen molar-refractivity contribution in [1.82, 2.24) is 97.6 Å². The van der Waals surface area contributed by atoms with Gasteiger partial charge in [-0.25, -0.2) is 4.98 Å². The molecule has 0 radical (unpaired) electrons. The molecule has 2 aliphatic heterocycles. The monoisotopic (exact) mass is 1880 g/mol. The first-order valence-corrected chi connectivity index (χ1v) is 46.2. The first-order chi connectivity index (χ1) is 63.9. The minimum atomic E-state index is -1.87. The van der Waals surface area contributed by atoms with E-state index in [2.05, 4.69) is 73.1 Å². The number of carbonyl (C=O) groups is 17. The van der Waals surface area contributed by atoms with Gasteiger partial charge in [0.05, 0.1) is 38.3 Å². The third-order valence-corrected chi connectivity index (χ3v) is 25.0. The molecule has 6 aromatic rings. The van der Waals surface area contributed by atoms with Crippen molar-refractivity contribution in [3.8, 4) is 0 Å². The van der Waals surface area contributed by atoms with Gasteiger partial charge in [-0.1, -0.05) is 120 Å². The lowest BCUT2D eigenvalue weighted by atomic mass is 9.90. The molecule has 0 aliphatic carbocycles. The van der Waals surface area contributed by atoms with Crippen LogP contribution in [-0.2, 0) is 107 Å². The lowest BCUT2D eigenvalue weighted by Gasteiger charge is -2.36. The van der Waals surface area contributed by atoms with Crippen LogP contribution in [-0.4, -0.2) is 312 Å². The standard InChI is InChI=1S/C91H129N23O19S/c1-10-12-30-70-84(127)103-62(29-21-33-97-91(94)95)81(124)109-69(80(123)100-45-76(93)119)48-134-49-77(120)102-65(36-53-23-15-14-16-24-53)86(129)110(6)52(5)78(121)105-67(41-75(92)118)89(132)114-34-22-32-71(114)85(128)104-63(40-57-44-96-50-101-57)82(125)106-64(35-51(3)4)87(130)113(9)73(47-116)74(117)39-54(37-55-42-98-60-27-19-17-25-58(55)60)79(122)108-68(46-115)83(126)107-66(38-56-43-99-61-28-20-18-26-59(56)61)88(131)112(8)72(31-13-11-2)90(133)111(70)7/h14-20,23-28,42-44,50-52,54,62-73,98-99,115-116H,10-13,21-22,29-41,45-49H2,1-9H3,(H2,92,118)(H2,93,119)(H,96,101)(H,100,123)(H,102,120)(H,103,127)(H,104,128)(H,105,121)(H,106,125)(H,107,126)(H,108,122)(H,109,124)(H4,94,95,97)/t52-,54+,62-,63-,64-,65-,66-,67-,68-,69-,70-,71-,72-,73-/m0/s1. The van der Waals surface area contributed by atoms with Crippen LogP contribution in [0.4, 0.5) is 0 Å². The average Bonchev–Trinajstić information content (AvgIpc) is 1.66. The Morgan fingerprint density at radius 1 is 0.537 bits per heavy atom. The van der Waals surface area contributed by atoms with Crippen LogP contribution in [0.15, 0.2) is 104 Å². The van der Waals surface area contributed by atoms with Crippen LogP contribution in [0, 0.1) is 17.2 Å². The molecule has 5 heterocycles. The minimum Gasteiger partial charge on any atom is -0.394 e. The summed E-state index contributed by atoms with van der Waals surface area (Å²) in [6, 6.07) is 2.43. The largest absolute Gasteiger partial charge is 0.394 e. The summed E-state index contributed by atoms with van der Waals surface area (Å²) in [5.74, 6) is -18.8. The molecule has 728 valence electrons. The van der Waals surface area contributed by atoms with Gasteiger partial charge in [-0.2, -0.15) is 0 Å². The summed E-state index contributed by atoms with van der Waals surface area (Å²) in [5, 5.41) is 58.0. The van der Waals surface area contributed by atoms with Gasteiger partial charge in [0, 0.05) is 125 Å². The maximum Gasteiger partial charge on any atom is 0.246 e. The van der Waals surface area contributed by atoms with E-state index in [0.717, 1.165) is 36.3 Å². The summed E-state index contributed by atoms with van der Waals surface area (Å²) in [6.07, 6.45) is 5.05. The van der Waals surface area contributed by atoms with Crippen molar-refractivity contribution in [1.29, 1.82) is 5.41 Å². The van der Waals surface area contributed by atoms with E-state index >= 15 is 38.4 Å². The number of Topliss-reactive ketones (excluding diaryl/α,β-unsaturated/α-hetero) is 1. The average molecular weight is 1880 g/mol. The quantitative estimate of drug-likeness (QED) is 0.0155. The molecular formula is C91H129N23O19S. The number of aliphatic hydroxyl groups is 2. The first kappa shape index (κ1) is 106. The summed E-state index contributed by atoms with van der Waals surface area (Å²) in [4.78, 5) is 269. The molecule has 134 heavy (non-hydrogen) atoms. The lowest BCUT2D eigenvalue weighted by molar-refractivity contribution is -0.149. The highest BCUT2D eigenvalue weighted by atomic mass is 32.2. The Bertz CT molecular complexity index is 5110. The van der Waals surface area contributed by atoms with E-state index in [-0.39, 0.29) is 89.6 Å². The second-order valence-corrected chi connectivity index (χ2v) is 35.4. The second kappa shape index (κ2) is 51.6. The Morgan fingerprint density at radius 2 is 1.09 bits per heavy atom. The number of hydrogen-bond donors (Lipinski definition) is 19. The van der Waals surface area contributed by atoms with Gasteiger partial charge in [0.2, 0.25) is 94.5 Å². The molecule has 16 amide bonds. The number of amides is 16. The number of primary amides is 2. The molecule has 2 fully saturated rings. The number of nitrogens with zero attached hydrogens (tertiary/aromatic N) is 6. The number of thioether (sulfide) groups is 1. The van der Waals surface area contributed by atoms with E-state index in [1.807, 2.05) is 13.8 Å². The fraction of sp³-hybridized carbons (Fsp3) is 0.527. The predicted octanol–water partition coefficient (Wildman–Crippen LogP) is -1.69. The number of benzene rings is 3. The summed E-state index contributed by atoms with van der Waals surface area (Å²) in [7, 11) is 5.16. The number of ketones is 1. The van der Waals surface area contributed by atoms with Crippen molar-refractivity contribution in [2.45, 2.75) is 222 Å². The van der Waals surface area contributed by atoms with Gasteiger partial charge in [0.15, 0.2) is 11.7 Å². The van der Waals surface area contributed by atoms with E-state index in [9.17, 15) is 53.4 Å². The number of rotatable bonds is 27. The zero-order chi connectivity index (χ0) is 98.2. The van der Waals surface area contributed by atoms with Crippen molar-refractivity contribution >= 4 is 140 Å². The fourth-order valence-corrected chi connectivity index (χ4v) is 17.2. The molecule has 0 bridgehead atoms. The van der Waals surface area contributed by atoms with Gasteiger partial charge in [-0.05, 0) is 93.0 Å². The molecule has 3 aromatic heterocycles. The third-order valence-electron chi connectivity index (χ3n) is 24.0. The molecule has 22 N–H and O–H groups in total. The number of nitrogens with two attached hydrogens (primary N) is 3. The highest BCUT2D eigenvalue weighted by Gasteiger charge is 2.45. The van der Waals surface area contributed by atoms with E-state index in [1.54, 1.807) is 105 Å². The van der Waals surface area contributed by atoms with Crippen LogP contribution in [0.3, 0.4) is 0 Å². The van der Waals surface area contributed by atoms with Crippen LogP contribution in [0.1, 0.15) is 140 Å². The number of para-hydroxylation sites is 2. The molecule has 14 atom stereocenters. The number of H-pyrrole nitrogens is 3. The van der Waals surface area contributed by atoms with Gasteiger partial charge in [0.1, 0.15) is 78.5 Å². The van der Waals surface area contributed by atoms with Gasteiger partial charge in [-0.3, -0.25) is 86.9 Å². The molecule has 43 heteroatoms. The smallest absolute Gasteiger partial charge is 0.246 e. The molecule has 0 unspecified atom stereocenters. The van der Waals surface area contributed by atoms with Gasteiger partial charge < -0.3 is 120 Å². The lowest BCUT2D eigenvalue weighted by Crippen LogP contribution is -2.61. The molecule has 3 aromatic carbocycles. The first-order valence-electron chi connectivity index (χ1n) is 45.0. The van der Waals surface area contributed by atoms with Crippen molar-refractivity contribution in [2.24, 2.45) is 29.0 Å². The van der Waals surface area contributed by atoms with E-state index in [4.69, 9.17) is 22.6 Å². The number of aromatic nitrogens is 4. The zero-order valence-electron chi connectivity index (χ0n) is 77.1. The van der Waals surface area contributed by atoms with Crippen LogP contribution in [0.2, 0.25) is 0 Å². The molecule has 42 nitrogen and oxygen atoms in total. The Balaban J connectivity index is 1.20. The number of aliphatic hydroxyl groups excluding tert-OH is 2. The van der Waals surface area contributed by atoms with Crippen LogP contribution in [0.5, 0.6) is 0 Å². The van der Waals surface area contributed by atoms with Crippen molar-refractivity contribution in [2.75, 3.05) is 72.5 Å². The van der Waals surface area contributed by atoms with Crippen LogP contribution >= 0.6 is 11.8 Å². The number of unbranched alkanes of at least 4 members (excludes halogenated alkanes) is 2. The number of carbonyl (C=O) groups excluding carboxylic acids is 17. The fourth-order valence-electron chi connectivity index (χ4n) is 16.3. The number of likely N-dealkylation sites (N-methyl/N-ethyl adjacent to an activating group) is 4. The Labute approximate surface area is 780 Å². The van der Waals surface area contributed by atoms with E-state index in [0.29, 0.717) is 69.9 Å². The summed E-state index contributed by atoms with van der Waals surface area (Å²) < 4.78 is 0. The topological polar surface area (TPSA) is 629 Å². The van der Waals surface area contributed by atoms with E-state index < -0.39 is 235 Å². The number of imidazole rings is 1. The molecule has 2 aliphatic rings. The summed E-state index contributed by atoms with van der Waals surface area (Å²) >= 11 is 0.791.